The third-order valence-electron chi connectivity index (χ3n) is 3.79. The van der Waals surface area contributed by atoms with Crippen molar-refractivity contribution in [3.8, 4) is 0 Å². The van der Waals surface area contributed by atoms with Crippen LogP contribution in [-0.2, 0) is 11.3 Å². The maximum Gasteiger partial charge on any atom is 0.253 e. The van der Waals surface area contributed by atoms with Crippen LogP contribution in [0.1, 0.15) is 23.1 Å². The Labute approximate surface area is 122 Å². The largest absolute Gasteiger partial charge is 0.388 e. The number of nitrogens with zero attached hydrogens (tertiary/aromatic N) is 2. The molecule has 0 aliphatic carbocycles. The summed E-state index contributed by atoms with van der Waals surface area (Å²) in [6.45, 7) is 4.05. The van der Waals surface area contributed by atoms with Gasteiger partial charge in [0.15, 0.2) is 0 Å². The van der Waals surface area contributed by atoms with E-state index >= 15 is 0 Å². The average Bonchev–Trinajstić information content (AvgIpc) is 2.86. The molecule has 1 aromatic heterocycles. The van der Waals surface area contributed by atoms with Gasteiger partial charge in [-0.15, -0.1) is 0 Å². The number of ether oxygens (including phenoxy) is 1. The minimum Gasteiger partial charge on any atom is -0.388 e. The van der Waals surface area contributed by atoms with Gasteiger partial charge >= 0.3 is 0 Å². The standard InChI is InChI=1S/C15H19N3O3/c1-15(8-21-9-15)7-18(2)14(20)10-3-4-11-12(5-10)17-13(6-19)16-11/h3-5,19H,6-9H2,1-2H3,(H,16,17). The molecular formula is C15H19N3O3. The summed E-state index contributed by atoms with van der Waals surface area (Å²) < 4.78 is 5.22. The van der Waals surface area contributed by atoms with Crippen LogP contribution in [0, 0.1) is 5.41 Å². The van der Waals surface area contributed by atoms with Gasteiger partial charge in [-0.25, -0.2) is 4.98 Å². The topological polar surface area (TPSA) is 78.4 Å². The number of amides is 1. The highest BCUT2D eigenvalue weighted by Gasteiger charge is 2.35. The Kier molecular flexibility index (Phi) is 3.43. The van der Waals surface area contributed by atoms with Crippen molar-refractivity contribution in [1.82, 2.24) is 14.9 Å². The van der Waals surface area contributed by atoms with Gasteiger partial charge in [0.2, 0.25) is 0 Å². The molecular weight excluding hydrogens is 270 g/mol. The molecule has 2 N–H and O–H groups in total. The van der Waals surface area contributed by atoms with Gasteiger partial charge in [-0.1, -0.05) is 6.92 Å². The summed E-state index contributed by atoms with van der Waals surface area (Å²) in [5, 5.41) is 9.09. The molecule has 3 rings (SSSR count). The van der Waals surface area contributed by atoms with Gasteiger partial charge in [0.05, 0.1) is 24.2 Å². The monoisotopic (exact) mass is 289 g/mol. The second-order valence-corrected chi connectivity index (χ2v) is 6.04. The molecule has 0 unspecified atom stereocenters. The summed E-state index contributed by atoms with van der Waals surface area (Å²) in [6.07, 6.45) is 0. The summed E-state index contributed by atoms with van der Waals surface area (Å²) in [6, 6.07) is 5.34. The lowest BCUT2D eigenvalue weighted by Crippen LogP contribution is -2.49. The van der Waals surface area contributed by atoms with Crippen LogP contribution in [0.15, 0.2) is 18.2 Å². The molecule has 6 heteroatoms. The number of H-pyrrole nitrogens is 1. The first-order valence-corrected chi connectivity index (χ1v) is 6.93. The van der Waals surface area contributed by atoms with Gasteiger partial charge in [-0.3, -0.25) is 4.79 Å². The number of aromatic amines is 1. The molecule has 1 aromatic carbocycles. The molecule has 0 bridgehead atoms. The third-order valence-corrected chi connectivity index (χ3v) is 3.79. The lowest BCUT2D eigenvalue weighted by molar-refractivity contribution is -0.109. The summed E-state index contributed by atoms with van der Waals surface area (Å²) in [7, 11) is 1.81. The van der Waals surface area contributed by atoms with Crippen molar-refractivity contribution in [2.75, 3.05) is 26.8 Å². The second kappa shape index (κ2) is 5.13. The highest BCUT2D eigenvalue weighted by molar-refractivity contribution is 5.97. The molecule has 1 saturated heterocycles. The van der Waals surface area contributed by atoms with Crippen LogP contribution in [0.2, 0.25) is 0 Å². The van der Waals surface area contributed by atoms with Crippen LogP contribution < -0.4 is 0 Å². The number of aliphatic hydroxyl groups excluding tert-OH is 1. The first-order chi connectivity index (χ1) is 10.0. The van der Waals surface area contributed by atoms with Crippen molar-refractivity contribution in [3.05, 3.63) is 29.6 Å². The first kappa shape index (κ1) is 14.0. The number of carbonyl (C=O) groups is 1. The number of benzene rings is 1. The zero-order valence-corrected chi connectivity index (χ0v) is 12.2. The SMILES string of the molecule is CN(CC1(C)COC1)C(=O)c1ccc2nc(CO)[nH]c2c1. The van der Waals surface area contributed by atoms with Crippen molar-refractivity contribution in [1.29, 1.82) is 0 Å². The number of hydrogen-bond donors (Lipinski definition) is 2. The van der Waals surface area contributed by atoms with E-state index in [0.717, 1.165) is 11.0 Å². The van der Waals surface area contributed by atoms with Gasteiger partial charge in [0, 0.05) is 24.6 Å². The Hall–Kier alpha value is -1.92. The maximum atomic E-state index is 12.5. The van der Waals surface area contributed by atoms with Gasteiger partial charge in [0.25, 0.3) is 5.91 Å². The van der Waals surface area contributed by atoms with Crippen LogP contribution in [-0.4, -0.2) is 52.7 Å². The highest BCUT2D eigenvalue weighted by Crippen LogP contribution is 2.27. The van der Waals surface area contributed by atoms with E-state index in [-0.39, 0.29) is 17.9 Å². The lowest BCUT2D eigenvalue weighted by Gasteiger charge is -2.40. The van der Waals surface area contributed by atoms with Gasteiger partial charge < -0.3 is 19.7 Å². The van der Waals surface area contributed by atoms with Crippen LogP contribution in [0.3, 0.4) is 0 Å². The van der Waals surface area contributed by atoms with E-state index in [4.69, 9.17) is 9.84 Å². The molecule has 1 aliphatic heterocycles. The summed E-state index contributed by atoms with van der Waals surface area (Å²) in [5.41, 5.74) is 2.18. The third kappa shape index (κ3) is 2.64. The van der Waals surface area contributed by atoms with E-state index in [1.807, 2.05) is 7.05 Å². The molecule has 6 nitrogen and oxygen atoms in total. The minimum atomic E-state index is -0.143. The van der Waals surface area contributed by atoms with Crippen LogP contribution in [0.25, 0.3) is 11.0 Å². The fourth-order valence-corrected chi connectivity index (χ4v) is 2.68. The molecule has 0 atom stereocenters. The molecule has 0 spiro atoms. The number of hydrogen-bond acceptors (Lipinski definition) is 4. The number of nitrogens with one attached hydrogen (secondary N) is 1. The normalized spacial score (nSPS) is 16.7. The Morgan fingerprint density at radius 1 is 1.52 bits per heavy atom. The zero-order valence-electron chi connectivity index (χ0n) is 12.2. The fraction of sp³-hybridized carbons (Fsp3) is 0.467. The summed E-state index contributed by atoms with van der Waals surface area (Å²) >= 11 is 0. The van der Waals surface area contributed by atoms with E-state index in [2.05, 4.69) is 16.9 Å². The number of aromatic nitrogens is 2. The number of carbonyl (C=O) groups excluding carboxylic acids is 1. The molecule has 1 aliphatic rings. The predicted molar refractivity (Wildman–Crippen MR) is 77.9 cm³/mol. The minimum absolute atomic E-state index is 0.0230. The molecule has 2 heterocycles. The molecule has 1 fully saturated rings. The van der Waals surface area contributed by atoms with Crippen LogP contribution >= 0.6 is 0 Å². The van der Waals surface area contributed by atoms with E-state index in [1.165, 1.54) is 0 Å². The number of rotatable bonds is 4. The van der Waals surface area contributed by atoms with E-state index in [1.54, 1.807) is 23.1 Å². The number of imidazole rings is 1. The van der Waals surface area contributed by atoms with E-state index < -0.39 is 0 Å². The van der Waals surface area contributed by atoms with Crippen molar-refractivity contribution >= 4 is 16.9 Å². The van der Waals surface area contributed by atoms with E-state index in [9.17, 15) is 4.79 Å². The fourth-order valence-electron chi connectivity index (χ4n) is 2.68. The van der Waals surface area contributed by atoms with Crippen LogP contribution in [0.5, 0.6) is 0 Å². The van der Waals surface area contributed by atoms with Crippen molar-refractivity contribution in [2.24, 2.45) is 5.41 Å². The van der Waals surface area contributed by atoms with Crippen molar-refractivity contribution in [2.45, 2.75) is 13.5 Å². The Bertz CT molecular complexity index is 676. The number of aliphatic hydroxyl groups is 1. The summed E-state index contributed by atoms with van der Waals surface area (Å²) in [4.78, 5) is 21.4. The van der Waals surface area contributed by atoms with Crippen molar-refractivity contribution < 1.29 is 14.6 Å². The van der Waals surface area contributed by atoms with Crippen molar-refractivity contribution in [3.63, 3.8) is 0 Å². The van der Waals surface area contributed by atoms with E-state index in [0.29, 0.717) is 31.1 Å². The highest BCUT2D eigenvalue weighted by atomic mass is 16.5. The Morgan fingerprint density at radius 3 is 2.90 bits per heavy atom. The first-order valence-electron chi connectivity index (χ1n) is 6.93. The lowest BCUT2D eigenvalue weighted by atomic mass is 9.88. The summed E-state index contributed by atoms with van der Waals surface area (Å²) in [5.74, 6) is 0.479. The zero-order chi connectivity index (χ0) is 15.0. The van der Waals surface area contributed by atoms with Gasteiger partial charge in [-0.2, -0.15) is 0 Å². The number of fused-ring (bicyclic) bond motifs is 1. The molecule has 2 aromatic rings. The van der Waals surface area contributed by atoms with Gasteiger partial charge in [-0.05, 0) is 18.2 Å². The Morgan fingerprint density at radius 2 is 2.29 bits per heavy atom. The predicted octanol–water partition coefficient (Wildman–Crippen LogP) is 1.16. The molecule has 0 radical (unpaired) electrons. The van der Waals surface area contributed by atoms with Crippen LogP contribution in [0.4, 0.5) is 0 Å². The maximum absolute atomic E-state index is 12.5. The Balaban J connectivity index is 1.80. The molecule has 0 saturated carbocycles. The van der Waals surface area contributed by atoms with Gasteiger partial charge in [0.1, 0.15) is 12.4 Å². The molecule has 1 amide bonds. The smallest absolute Gasteiger partial charge is 0.253 e. The second-order valence-electron chi connectivity index (χ2n) is 6.04. The average molecular weight is 289 g/mol. The molecule has 112 valence electrons. The quantitative estimate of drug-likeness (QED) is 0.885. The molecule has 21 heavy (non-hydrogen) atoms.